The normalized spacial score (nSPS) is 32.2. The van der Waals surface area contributed by atoms with Gasteiger partial charge in [0.25, 0.3) is 0 Å². The van der Waals surface area contributed by atoms with Gasteiger partial charge in [-0.25, -0.2) is 4.79 Å². The average molecular weight is 298 g/mol. The monoisotopic (exact) mass is 298 g/mol. The number of aliphatic carboxylic acids is 1. The highest BCUT2D eigenvalue weighted by Gasteiger charge is 2.30. The van der Waals surface area contributed by atoms with Crippen LogP contribution in [-0.2, 0) is 4.79 Å². The van der Waals surface area contributed by atoms with E-state index in [1.807, 2.05) is 11.8 Å². The van der Waals surface area contributed by atoms with Gasteiger partial charge in [0.2, 0.25) is 0 Å². The van der Waals surface area contributed by atoms with E-state index in [-0.39, 0.29) is 18.1 Å². The number of hydrogen-bond acceptors (Lipinski definition) is 3. The molecule has 4 unspecified atom stereocenters. The van der Waals surface area contributed by atoms with Gasteiger partial charge in [-0.05, 0) is 25.0 Å². The molecule has 112 valence electrons. The van der Waals surface area contributed by atoms with Crippen molar-refractivity contribution < 1.29 is 14.7 Å². The lowest BCUT2D eigenvalue weighted by atomic mass is 10.1. The van der Waals surface area contributed by atoms with Crippen LogP contribution in [0.1, 0.15) is 32.6 Å². The number of urea groups is 1. The Bertz CT molecular complexity index is 400. The summed E-state index contributed by atoms with van der Waals surface area (Å²) in [6, 6.07) is -0.116. The van der Waals surface area contributed by atoms with Crippen LogP contribution in [-0.4, -0.2) is 40.2 Å². The number of carbonyl (C=O) groups excluding carboxylic acids is 1. The van der Waals surface area contributed by atoms with Crippen LogP contribution in [0.3, 0.4) is 0 Å². The molecule has 4 atom stereocenters. The highest BCUT2D eigenvalue weighted by atomic mass is 32.2. The molecule has 0 aromatic heterocycles. The van der Waals surface area contributed by atoms with E-state index in [0.29, 0.717) is 11.7 Å². The van der Waals surface area contributed by atoms with Gasteiger partial charge in [-0.3, -0.25) is 4.79 Å². The maximum absolute atomic E-state index is 12.0. The van der Waals surface area contributed by atoms with Crippen molar-refractivity contribution in [1.29, 1.82) is 0 Å². The maximum atomic E-state index is 12.0. The molecule has 20 heavy (non-hydrogen) atoms. The van der Waals surface area contributed by atoms with E-state index in [9.17, 15) is 9.59 Å². The van der Waals surface area contributed by atoms with Crippen molar-refractivity contribution in [3.63, 3.8) is 0 Å². The van der Waals surface area contributed by atoms with E-state index >= 15 is 0 Å². The first-order chi connectivity index (χ1) is 9.60. The number of carboxylic acid groups (broad SMARTS) is 1. The Labute approximate surface area is 123 Å². The van der Waals surface area contributed by atoms with E-state index in [0.717, 1.165) is 25.0 Å². The number of carbonyl (C=O) groups is 2. The molecule has 0 bridgehead atoms. The summed E-state index contributed by atoms with van der Waals surface area (Å²) in [5.41, 5.74) is 0. The average Bonchev–Trinajstić information content (AvgIpc) is 3.00. The van der Waals surface area contributed by atoms with Gasteiger partial charge in [0.15, 0.2) is 0 Å². The SMILES string of the molecule is CCSC1CCCC1NC(=O)NC1C=CC(C(=O)O)C1. The Morgan fingerprint density at radius 1 is 1.30 bits per heavy atom. The molecule has 0 spiro atoms. The molecule has 2 aliphatic rings. The highest BCUT2D eigenvalue weighted by Crippen LogP contribution is 2.29. The molecule has 2 amide bonds. The van der Waals surface area contributed by atoms with Crippen molar-refractivity contribution in [2.75, 3.05) is 5.75 Å². The largest absolute Gasteiger partial charge is 0.481 e. The smallest absolute Gasteiger partial charge is 0.315 e. The van der Waals surface area contributed by atoms with Gasteiger partial charge in [0.05, 0.1) is 12.0 Å². The third-order valence-corrected chi connectivity index (χ3v) is 5.19. The molecular formula is C14H22N2O3S. The van der Waals surface area contributed by atoms with Crippen LogP contribution in [0.4, 0.5) is 4.79 Å². The molecule has 1 fully saturated rings. The topological polar surface area (TPSA) is 78.4 Å². The molecule has 1 saturated carbocycles. The number of hydrogen-bond donors (Lipinski definition) is 3. The van der Waals surface area contributed by atoms with Crippen LogP contribution in [0.5, 0.6) is 0 Å². The lowest BCUT2D eigenvalue weighted by Crippen LogP contribution is -2.47. The van der Waals surface area contributed by atoms with Crippen LogP contribution < -0.4 is 10.6 Å². The Morgan fingerprint density at radius 2 is 2.10 bits per heavy atom. The van der Waals surface area contributed by atoms with Crippen LogP contribution in [0.2, 0.25) is 0 Å². The van der Waals surface area contributed by atoms with Gasteiger partial charge < -0.3 is 15.7 Å². The minimum atomic E-state index is -0.832. The fourth-order valence-electron chi connectivity index (χ4n) is 2.87. The van der Waals surface area contributed by atoms with Gasteiger partial charge in [-0.2, -0.15) is 11.8 Å². The fraction of sp³-hybridized carbons (Fsp3) is 0.714. The number of amides is 2. The molecule has 0 aliphatic heterocycles. The first-order valence-corrected chi connectivity index (χ1v) is 8.24. The van der Waals surface area contributed by atoms with E-state index in [1.165, 1.54) is 0 Å². The zero-order valence-corrected chi connectivity index (χ0v) is 12.5. The van der Waals surface area contributed by atoms with Crippen LogP contribution in [0.15, 0.2) is 12.2 Å². The van der Waals surface area contributed by atoms with Gasteiger partial charge in [-0.15, -0.1) is 0 Å². The third kappa shape index (κ3) is 3.91. The van der Waals surface area contributed by atoms with Crippen molar-refractivity contribution in [3.05, 3.63) is 12.2 Å². The Morgan fingerprint density at radius 3 is 2.75 bits per heavy atom. The summed E-state index contributed by atoms with van der Waals surface area (Å²) in [6.45, 7) is 2.13. The molecule has 0 radical (unpaired) electrons. The third-order valence-electron chi connectivity index (χ3n) is 3.87. The van der Waals surface area contributed by atoms with Crippen molar-refractivity contribution in [2.45, 2.75) is 49.9 Å². The lowest BCUT2D eigenvalue weighted by Gasteiger charge is -2.21. The molecular weight excluding hydrogens is 276 g/mol. The van der Waals surface area contributed by atoms with Crippen molar-refractivity contribution in [3.8, 4) is 0 Å². The van der Waals surface area contributed by atoms with E-state index < -0.39 is 11.9 Å². The van der Waals surface area contributed by atoms with Crippen LogP contribution >= 0.6 is 11.8 Å². The van der Waals surface area contributed by atoms with Gasteiger partial charge in [-0.1, -0.05) is 25.5 Å². The zero-order valence-electron chi connectivity index (χ0n) is 11.7. The summed E-state index contributed by atoms with van der Waals surface area (Å²) in [6.07, 6.45) is 7.22. The molecule has 6 heteroatoms. The van der Waals surface area contributed by atoms with Crippen molar-refractivity contribution in [2.24, 2.45) is 5.92 Å². The number of nitrogens with one attached hydrogen (secondary N) is 2. The Balaban J connectivity index is 1.76. The zero-order chi connectivity index (χ0) is 14.5. The summed E-state index contributed by atoms with van der Waals surface area (Å²) in [5.74, 6) is -0.243. The van der Waals surface area contributed by atoms with Crippen LogP contribution in [0.25, 0.3) is 0 Å². The number of carboxylic acids is 1. The van der Waals surface area contributed by atoms with E-state index in [4.69, 9.17) is 5.11 Å². The van der Waals surface area contributed by atoms with E-state index in [1.54, 1.807) is 12.2 Å². The lowest BCUT2D eigenvalue weighted by molar-refractivity contribution is -0.140. The second-order valence-corrected chi connectivity index (χ2v) is 6.84. The Hall–Kier alpha value is -1.17. The molecule has 5 nitrogen and oxygen atoms in total. The summed E-state index contributed by atoms with van der Waals surface area (Å²) < 4.78 is 0. The Kier molecular flexibility index (Phi) is 5.34. The van der Waals surface area contributed by atoms with Gasteiger partial charge in [0.1, 0.15) is 0 Å². The van der Waals surface area contributed by atoms with Gasteiger partial charge in [0, 0.05) is 11.3 Å². The summed E-state index contributed by atoms with van der Waals surface area (Å²) in [7, 11) is 0. The molecule has 2 aliphatic carbocycles. The summed E-state index contributed by atoms with van der Waals surface area (Å²) in [4.78, 5) is 22.8. The number of thioether (sulfide) groups is 1. The van der Waals surface area contributed by atoms with Crippen molar-refractivity contribution in [1.82, 2.24) is 10.6 Å². The number of rotatable bonds is 5. The van der Waals surface area contributed by atoms with Crippen molar-refractivity contribution >= 4 is 23.8 Å². The van der Waals surface area contributed by atoms with Gasteiger partial charge >= 0.3 is 12.0 Å². The first kappa shape index (κ1) is 15.2. The highest BCUT2D eigenvalue weighted by molar-refractivity contribution is 7.99. The second kappa shape index (κ2) is 7.02. The molecule has 0 aromatic carbocycles. The molecule has 0 aromatic rings. The fourth-order valence-corrected chi connectivity index (χ4v) is 4.07. The minimum Gasteiger partial charge on any atom is -0.481 e. The maximum Gasteiger partial charge on any atom is 0.315 e. The predicted octanol–water partition coefficient (Wildman–Crippen LogP) is 1.99. The molecule has 3 N–H and O–H groups in total. The summed E-state index contributed by atoms with van der Waals surface area (Å²) >= 11 is 1.90. The van der Waals surface area contributed by atoms with E-state index in [2.05, 4.69) is 17.6 Å². The standard InChI is InChI=1S/C14H22N2O3S/c1-2-20-12-5-3-4-11(12)16-14(19)15-10-7-6-9(8-10)13(17)18/h6-7,9-12H,2-5,8H2,1H3,(H,17,18)(H2,15,16,19). The predicted molar refractivity (Wildman–Crippen MR) is 79.9 cm³/mol. The molecule has 0 heterocycles. The van der Waals surface area contributed by atoms with Crippen LogP contribution in [0, 0.1) is 5.92 Å². The molecule has 2 rings (SSSR count). The summed E-state index contributed by atoms with van der Waals surface area (Å²) in [5, 5.41) is 15.3. The second-order valence-electron chi connectivity index (χ2n) is 5.32. The minimum absolute atomic E-state index is 0.171. The first-order valence-electron chi connectivity index (χ1n) is 7.20. The quantitative estimate of drug-likeness (QED) is 0.678. The molecule has 0 saturated heterocycles.